The van der Waals surface area contributed by atoms with Crippen LogP contribution >= 0.6 is 11.3 Å². The van der Waals surface area contributed by atoms with Crippen LogP contribution in [0.15, 0.2) is 29.8 Å². The van der Waals surface area contributed by atoms with E-state index in [-0.39, 0.29) is 5.92 Å². The average molecular weight is 400 g/mol. The molecule has 1 aromatic carbocycles. The van der Waals surface area contributed by atoms with Crippen molar-refractivity contribution >= 4 is 27.3 Å². The summed E-state index contributed by atoms with van der Waals surface area (Å²) in [6.45, 7) is 6.47. The Balaban J connectivity index is 1.51. The second-order valence-corrected chi connectivity index (χ2v) is 10.0. The molecule has 1 saturated carbocycles. The minimum Gasteiger partial charge on any atom is -0.458 e. The lowest BCUT2D eigenvalue weighted by molar-refractivity contribution is -0.553. The molecule has 1 spiro atoms. The average Bonchev–Trinajstić information content (AvgIpc) is 2.99. The molecule has 0 N–H and O–H groups in total. The molecule has 1 aromatic heterocycles. The highest BCUT2D eigenvalue weighted by molar-refractivity contribution is 7.19. The number of rotatable bonds is 1. The zero-order valence-corrected chi connectivity index (χ0v) is 17.3. The van der Waals surface area contributed by atoms with Gasteiger partial charge in [0.05, 0.1) is 10.2 Å². The number of fused-ring (bicyclic) bond motifs is 3. The zero-order valence-electron chi connectivity index (χ0n) is 16.4. The molecule has 28 heavy (non-hydrogen) atoms. The maximum atomic E-state index is 6.57. The fraction of sp³-hybridized carbons (Fsp3) is 0.591. The fourth-order valence-electron chi connectivity index (χ4n) is 5.80. The van der Waals surface area contributed by atoms with Crippen LogP contribution < -0.4 is 0 Å². The standard InChI is InChI=1S/C22H25NO4S/c1-12-8-9-15-13(2)18(19-23-16-6-4-5-7-17(16)28-19)24-20-22(15)14(12)10-11-21(3,25-20)26-27-22/h4-7,12,14-15,20H,8-11H2,1-3H3/t12-,14+,15+,20?,21-,22-/m1/s1. The predicted octanol–water partition coefficient (Wildman–Crippen LogP) is 5.27. The van der Waals surface area contributed by atoms with Gasteiger partial charge in [0, 0.05) is 18.3 Å². The summed E-state index contributed by atoms with van der Waals surface area (Å²) in [5, 5.41) is 0.929. The lowest BCUT2D eigenvalue weighted by Crippen LogP contribution is -2.66. The minimum absolute atomic E-state index is 0.220. The largest absolute Gasteiger partial charge is 0.458 e. The molecule has 0 amide bonds. The molecule has 6 heteroatoms. The van der Waals surface area contributed by atoms with Crippen LogP contribution in [0.2, 0.25) is 0 Å². The van der Waals surface area contributed by atoms with Crippen molar-refractivity contribution in [1.29, 1.82) is 0 Å². The number of benzene rings is 1. The Morgan fingerprint density at radius 3 is 2.86 bits per heavy atom. The van der Waals surface area contributed by atoms with E-state index in [0.717, 1.165) is 35.5 Å². The second kappa shape index (κ2) is 5.79. The fourth-order valence-corrected chi connectivity index (χ4v) is 6.82. The summed E-state index contributed by atoms with van der Waals surface area (Å²) < 4.78 is 14.2. The van der Waals surface area contributed by atoms with Gasteiger partial charge in [0.1, 0.15) is 0 Å². The Hall–Kier alpha value is -1.47. The smallest absolute Gasteiger partial charge is 0.236 e. The Labute approximate surface area is 168 Å². The van der Waals surface area contributed by atoms with Crippen LogP contribution in [-0.2, 0) is 19.2 Å². The van der Waals surface area contributed by atoms with Gasteiger partial charge in [0.15, 0.2) is 16.4 Å². The third kappa shape index (κ3) is 2.20. The molecule has 148 valence electrons. The van der Waals surface area contributed by atoms with Gasteiger partial charge in [-0.25, -0.2) is 14.8 Å². The van der Waals surface area contributed by atoms with E-state index in [9.17, 15) is 0 Å². The Bertz CT molecular complexity index is 953. The molecule has 7 rings (SSSR count). The number of ether oxygens (including phenoxy) is 2. The number of nitrogens with zero attached hydrogens (tertiary/aromatic N) is 1. The third-order valence-electron chi connectivity index (χ3n) is 7.31. The van der Waals surface area contributed by atoms with Crippen molar-refractivity contribution in [2.24, 2.45) is 17.8 Å². The predicted molar refractivity (Wildman–Crippen MR) is 106 cm³/mol. The normalized spacial score (nSPS) is 42.2. The first-order chi connectivity index (χ1) is 13.5. The Kier molecular flexibility index (Phi) is 3.59. The zero-order chi connectivity index (χ0) is 19.1. The Morgan fingerprint density at radius 1 is 1.14 bits per heavy atom. The van der Waals surface area contributed by atoms with Crippen LogP contribution in [0, 0.1) is 17.8 Å². The van der Waals surface area contributed by atoms with Crippen LogP contribution in [0.1, 0.15) is 51.5 Å². The molecule has 4 aliphatic heterocycles. The summed E-state index contributed by atoms with van der Waals surface area (Å²) in [6.07, 6.45) is 3.65. The van der Waals surface area contributed by atoms with E-state index in [4.69, 9.17) is 24.2 Å². The first-order valence-electron chi connectivity index (χ1n) is 10.3. The molecule has 2 bridgehead atoms. The molecule has 2 aromatic rings. The number of hydrogen-bond donors (Lipinski definition) is 0. The maximum Gasteiger partial charge on any atom is 0.236 e. The van der Waals surface area contributed by atoms with Gasteiger partial charge >= 0.3 is 0 Å². The van der Waals surface area contributed by atoms with Crippen molar-refractivity contribution in [1.82, 2.24) is 4.98 Å². The van der Waals surface area contributed by atoms with Crippen molar-refractivity contribution in [3.63, 3.8) is 0 Å². The molecule has 5 heterocycles. The van der Waals surface area contributed by atoms with Crippen LogP contribution in [0.5, 0.6) is 0 Å². The van der Waals surface area contributed by atoms with Crippen LogP contribution in [-0.4, -0.2) is 22.7 Å². The lowest BCUT2D eigenvalue weighted by atomic mass is 9.59. The van der Waals surface area contributed by atoms with Gasteiger partial charge in [-0.05, 0) is 56.7 Å². The Morgan fingerprint density at radius 2 is 2.00 bits per heavy atom. The van der Waals surface area contributed by atoms with Crippen molar-refractivity contribution in [2.45, 2.75) is 64.1 Å². The van der Waals surface area contributed by atoms with E-state index in [0.29, 0.717) is 11.8 Å². The van der Waals surface area contributed by atoms with Crippen molar-refractivity contribution in [3.8, 4) is 0 Å². The summed E-state index contributed by atoms with van der Waals surface area (Å²) in [6, 6.07) is 8.23. The molecule has 3 saturated heterocycles. The van der Waals surface area contributed by atoms with E-state index < -0.39 is 17.7 Å². The first kappa shape index (κ1) is 17.4. The molecule has 0 radical (unpaired) electrons. The molecule has 1 aliphatic carbocycles. The van der Waals surface area contributed by atoms with Crippen molar-refractivity contribution in [2.75, 3.05) is 0 Å². The first-order valence-corrected chi connectivity index (χ1v) is 11.1. The SMILES string of the molecule is CC1=C(c2nc3ccccc3s2)OC2O[C@@]3(C)CC[C@H]4[C@H](C)CC[C@@H]1[C@@]24OO3. The number of para-hydroxylation sites is 1. The van der Waals surface area contributed by atoms with Crippen LogP contribution in [0.3, 0.4) is 0 Å². The van der Waals surface area contributed by atoms with E-state index in [2.05, 4.69) is 32.0 Å². The summed E-state index contributed by atoms with van der Waals surface area (Å²) in [4.78, 5) is 16.9. The monoisotopic (exact) mass is 399 g/mol. The van der Waals surface area contributed by atoms with E-state index in [1.807, 2.05) is 13.0 Å². The summed E-state index contributed by atoms with van der Waals surface area (Å²) in [5.41, 5.74) is 1.67. The molecule has 1 unspecified atom stereocenters. The van der Waals surface area contributed by atoms with Gasteiger partial charge in [-0.2, -0.15) is 0 Å². The van der Waals surface area contributed by atoms with Gasteiger partial charge < -0.3 is 9.47 Å². The van der Waals surface area contributed by atoms with E-state index in [1.165, 1.54) is 16.7 Å². The maximum absolute atomic E-state index is 6.57. The summed E-state index contributed by atoms with van der Waals surface area (Å²) in [7, 11) is 0. The summed E-state index contributed by atoms with van der Waals surface area (Å²) in [5.74, 6) is 1.27. The van der Waals surface area contributed by atoms with Crippen molar-refractivity contribution < 1.29 is 19.2 Å². The summed E-state index contributed by atoms with van der Waals surface area (Å²) >= 11 is 1.68. The van der Waals surface area contributed by atoms with Gasteiger partial charge in [0.2, 0.25) is 12.1 Å². The molecular weight excluding hydrogens is 374 g/mol. The van der Waals surface area contributed by atoms with E-state index >= 15 is 0 Å². The van der Waals surface area contributed by atoms with Crippen molar-refractivity contribution in [3.05, 3.63) is 34.8 Å². The second-order valence-electron chi connectivity index (χ2n) is 8.97. The number of hydrogen-bond acceptors (Lipinski definition) is 6. The third-order valence-corrected chi connectivity index (χ3v) is 8.35. The molecule has 4 fully saturated rings. The van der Waals surface area contributed by atoms with Crippen LogP contribution in [0.25, 0.3) is 16.0 Å². The quantitative estimate of drug-likeness (QED) is 0.611. The highest BCUT2D eigenvalue weighted by atomic mass is 32.1. The van der Waals surface area contributed by atoms with E-state index in [1.54, 1.807) is 11.3 Å². The lowest BCUT2D eigenvalue weighted by Gasteiger charge is -2.57. The topological polar surface area (TPSA) is 49.8 Å². The molecule has 5 nitrogen and oxygen atoms in total. The van der Waals surface area contributed by atoms with Gasteiger partial charge in [-0.15, -0.1) is 11.3 Å². The number of aromatic nitrogens is 1. The van der Waals surface area contributed by atoms with Gasteiger partial charge in [-0.1, -0.05) is 19.1 Å². The number of thiazole rings is 1. The molecule has 6 atom stereocenters. The van der Waals surface area contributed by atoms with Crippen LogP contribution in [0.4, 0.5) is 0 Å². The minimum atomic E-state index is -0.749. The molecule has 5 aliphatic rings. The highest BCUT2D eigenvalue weighted by Gasteiger charge is 2.68. The van der Waals surface area contributed by atoms with Gasteiger partial charge in [-0.3, -0.25) is 0 Å². The van der Waals surface area contributed by atoms with Gasteiger partial charge in [0.25, 0.3) is 0 Å². The highest BCUT2D eigenvalue weighted by Crippen LogP contribution is 2.61. The molecular formula is C22H25NO4S.